The first-order chi connectivity index (χ1) is 19.2. The Hall–Kier alpha value is -2.74. The number of fused-ring (bicyclic) bond motifs is 1. The molecule has 0 spiro atoms. The Morgan fingerprint density at radius 2 is 1.90 bits per heavy atom. The second kappa shape index (κ2) is 12.0. The molecule has 1 N–H and O–H groups in total. The van der Waals surface area contributed by atoms with Crippen LogP contribution < -0.4 is 19.6 Å². The third kappa shape index (κ3) is 5.44. The second-order valence-electron chi connectivity index (χ2n) is 8.64. The van der Waals surface area contributed by atoms with Crippen molar-refractivity contribution in [2.45, 2.75) is 13.0 Å². The molecular weight excluding hydrogens is 775 g/mol. The number of halogens is 3. The fourth-order valence-corrected chi connectivity index (χ4v) is 7.41. The van der Waals surface area contributed by atoms with Gasteiger partial charge in [0.05, 0.1) is 33.1 Å². The van der Waals surface area contributed by atoms with E-state index in [-0.39, 0.29) is 23.5 Å². The number of phenolic OH excluding ortho intramolecular Hbond substituents is 1. The number of ether oxygens (including phenoxy) is 2. The Morgan fingerprint density at radius 1 is 1.15 bits per heavy atom. The molecule has 0 saturated carbocycles. The summed E-state index contributed by atoms with van der Waals surface area (Å²) in [6, 6.07) is 17.4. The van der Waals surface area contributed by atoms with E-state index >= 15 is 0 Å². The monoisotopic (exact) mass is 794 g/mol. The summed E-state index contributed by atoms with van der Waals surface area (Å²) in [7, 11) is 1.54. The highest BCUT2D eigenvalue weighted by molar-refractivity contribution is 14.1. The second-order valence-corrected chi connectivity index (χ2v) is 12.6. The molecule has 204 valence electrons. The number of rotatable bonds is 6. The molecule has 2 heterocycles. The maximum atomic E-state index is 14.1. The van der Waals surface area contributed by atoms with Gasteiger partial charge in [-0.2, -0.15) is 0 Å². The van der Waals surface area contributed by atoms with Gasteiger partial charge in [0, 0.05) is 25.6 Å². The molecule has 0 fully saturated rings. The molecule has 1 aliphatic heterocycles. The molecule has 1 atom stereocenters. The van der Waals surface area contributed by atoms with Crippen LogP contribution in [0.5, 0.6) is 11.5 Å². The van der Waals surface area contributed by atoms with E-state index in [9.17, 15) is 14.7 Å². The van der Waals surface area contributed by atoms with Gasteiger partial charge in [-0.15, -0.1) is 0 Å². The fraction of sp³-hybridized carbons (Fsp3) is 0.138. The number of phenols is 1. The number of hydrogen-bond acceptors (Lipinski definition) is 7. The minimum atomic E-state index is -0.892. The summed E-state index contributed by atoms with van der Waals surface area (Å²) >= 11 is 10.2. The zero-order valence-electron chi connectivity index (χ0n) is 21.2. The van der Waals surface area contributed by atoms with Crippen molar-refractivity contribution < 1.29 is 19.4 Å². The third-order valence-corrected chi connectivity index (χ3v) is 8.96. The molecule has 0 aliphatic carbocycles. The average molecular weight is 796 g/mol. The number of methoxy groups -OCH3 is 1. The first kappa shape index (κ1) is 28.8. The van der Waals surface area contributed by atoms with Gasteiger partial charge >= 0.3 is 5.97 Å². The van der Waals surface area contributed by atoms with Crippen LogP contribution in [0, 0.1) is 3.57 Å². The molecule has 40 heavy (non-hydrogen) atoms. The molecule has 5 rings (SSSR count). The van der Waals surface area contributed by atoms with Crippen molar-refractivity contribution in [3.05, 3.63) is 115 Å². The lowest BCUT2D eigenvalue weighted by Gasteiger charge is -2.27. The van der Waals surface area contributed by atoms with Crippen LogP contribution >= 0.6 is 65.8 Å². The van der Waals surface area contributed by atoms with Gasteiger partial charge in [0.1, 0.15) is 17.5 Å². The van der Waals surface area contributed by atoms with E-state index in [1.54, 1.807) is 38.3 Å². The number of thiazole rings is 1. The summed E-state index contributed by atoms with van der Waals surface area (Å²) in [4.78, 5) is 33.0. The predicted octanol–water partition coefficient (Wildman–Crippen LogP) is 5.78. The highest BCUT2D eigenvalue weighted by Gasteiger charge is 2.36. The molecule has 0 unspecified atom stereocenters. The van der Waals surface area contributed by atoms with Crippen molar-refractivity contribution in [3.8, 4) is 11.5 Å². The van der Waals surface area contributed by atoms with Gasteiger partial charge in [-0.1, -0.05) is 73.5 Å². The Bertz CT molecular complexity index is 1850. The van der Waals surface area contributed by atoms with E-state index in [4.69, 9.17) is 14.5 Å². The van der Waals surface area contributed by atoms with Gasteiger partial charge < -0.3 is 14.6 Å². The number of carbonyl (C=O) groups is 1. The summed E-state index contributed by atoms with van der Waals surface area (Å²) in [5.41, 5.74) is 2.06. The minimum Gasteiger partial charge on any atom is -0.506 e. The van der Waals surface area contributed by atoms with Gasteiger partial charge in [0.15, 0.2) is 4.80 Å². The summed E-state index contributed by atoms with van der Waals surface area (Å²) in [6.07, 6.45) is 1.64. The average Bonchev–Trinajstić information content (AvgIpc) is 3.25. The van der Waals surface area contributed by atoms with Gasteiger partial charge in [-0.25, -0.2) is 9.79 Å². The smallest absolute Gasteiger partial charge is 0.338 e. The summed E-state index contributed by atoms with van der Waals surface area (Å²) in [5, 5.41) is 10.7. The van der Waals surface area contributed by atoms with Gasteiger partial charge in [0.25, 0.3) is 5.56 Å². The molecular formula is C29H21Br2IN2O5S. The van der Waals surface area contributed by atoms with Crippen LogP contribution in [-0.4, -0.2) is 29.4 Å². The van der Waals surface area contributed by atoms with Gasteiger partial charge in [-0.3, -0.25) is 9.36 Å². The van der Waals surface area contributed by atoms with E-state index < -0.39 is 12.0 Å². The normalized spacial score (nSPS) is 15.0. The Morgan fingerprint density at radius 3 is 2.60 bits per heavy atom. The standard InChI is InChI=1S/C29H21Br2IN2O5S/c1-3-39-28(37)23-24(15-7-5-4-6-8-15)33-29-34(25(23)19-13-17(30)9-10-21(19)38-2)27(36)22(40-29)12-16-11-18(31)14-20(32)26(16)35/h4-14,25,35H,3H2,1-2H3/b22-12-/t25-/m1/s1. The molecule has 0 saturated heterocycles. The fourth-order valence-electron chi connectivity index (χ4n) is 4.49. The maximum Gasteiger partial charge on any atom is 0.338 e. The molecule has 3 aromatic carbocycles. The molecule has 7 nitrogen and oxygen atoms in total. The van der Waals surface area contributed by atoms with Crippen molar-refractivity contribution in [1.29, 1.82) is 0 Å². The summed E-state index contributed by atoms with van der Waals surface area (Å²) in [6.45, 7) is 1.88. The SMILES string of the molecule is CCOC(=O)C1=C(c2ccccc2)N=c2s/c(=C\c3cc(Br)cc(I)c3O)c(=O)n2[C@@H]1c1cc(Br)ccc1OC. The van der Waals surface area contributed by atoms with E-state index in [1.165, 1.54) is 15.9 Å². The Labute approximate surface area is 263 Å². The zero-order chi connectivity index (χ0) is 28.6. The topological polar surface area (TPSA) is 90.1 Å². The lowest BCUT2D eigenvalue weighted by molar-refractivity contribution is -0.138. The summed E-state index contributed by atoms with van der Waals surface area (Å²) in [5.74, 6) is -0.0132. The number of aromatic hydroxyl groups is 1. The van der Waals surface area contributed by atoms with Crippen LogP contribution in [0.2, 0.25) is 0 Å². The third-order valence-electron chi connectivity index (χ3n) is 6.20. The van der Waals surface area contributed by atoms with Crippen molar-refractivity contribution in [2.75, 3.05) is 13.7 Å². The van der Waals surface area contributed by atoms with Crippen LogP contribution in [-0.2, 0) is 9.53 Å². The van der Waals surface area contributed by atoms with Crippen LogP contribution in [0.3, 0.4) is 0 Å². The molecule has 11 heteroatoms. The van der Waals surface area contributed by atoms with Gasteiger partial charge in [-0.05, 0) is 65.9 Å². The molecule has 0 bridgehead atoms. The maximum absolute atomic E-state index is 14.1. The molecule has 0 amide bonds. The number of benzene rings is 3. The number of hydrogen-bond donors (Lipinski definition) is 1. The number of esters is 1. The number of nitrogens with zero attached hydrogens (tertiary/aromatic N) is 2. The Kier molecular flexibility index (Phi) is 8.64. The van der Waals surface area contributed by atoms with Crippen LogP contribution in [0.4, 0.5) is 0 Å². The first-order valence-electron chi connectivity index (χ1n) is 12.0. The zero-order valence-corrected chi connectivity index (χ0v) is 27.3. The first-order valence-corrected chi connectivity index (χ1v) is 15.5. The molecule has 1 aromatic heterocycles. The quantitative estimate of drug-likeness (QED) is 0.198. The van der Waals surface area contributed by atoms with Crippen LogP contribution in [0.1, 0.15) is 29.7 Å². The van der Waals surface area contributed by atoms with Crippen molar-refractivity contribution >= 4 is 83.5 Å². The predicted molar refractivity (Wildman–Crippen MR) is 170 cm³/mol. The Balaban J connectivity index is 1.89. The van der Waals surface area contributed by atoms with Gasteiger partial charge in [0.2, 0.25) is 0 Å². The lowest BCUT2D eigenvalue weighted by atomic mass is 9.92. The minimum absolute atomic E-state index is 0.0667. The molecule has 4 aromatic rings. The van der Waals surface area contributed by atoms with E-state index in [1.807, 2.05) is 65.1 Å². The highest BCUT2D eigenvalue weighted by atomic mass is 127. The molecule has 0 radical (unpaired) electrons. The van der Waals surface area contributed by atoms with Crippen LogP contribution in [0.15, 0.2) is 85.0 Å². The van der Waals surface area contributed by atoms with Crippen LogP contribution in [0.25, 0.3) is 11.8 Å². The largest absolute Gasteiger partial charge is 0.506 e. The van der Waals surface area contributed by atoms with Crippen molar-refractivity contribution in [1.82, 2.24) is 4.57 Å². The highest BCUT2D eigenvalue weighted by Crippen LogP contribution is 2.40. The van der Waals surface area contributed by atoms with Crippen molar-refractivity contribution in [3.63, 3.8) is 0 Å². The molecule has 1 aliphatic rings. The van der Waals surface area contributed by atoms with E-state index in [2.05, 4.69) is 31.9 Å². The van der Waals surface area contributed by atoms with E-state index in [0.29, 0.717) is 41.0 Å². The number of aromatic nitrogens is 1. The number of carbonyl (C=O) groups excluding carboxylic acids is 1. The summed E-state index contributed by atoms with van der Waals surface area (Å²) < 4.78 is 15.2. The van der Waals surface area contributed by atoms with Crippen molar-refractivity contribution in [2.24, 2.45) is 4.99 Å². The lowest BCUT2D eigenvalue weighted by Crippen LogP contribution is -2.40. The van der Waals surface area contributed by atoms with E-state index in [0.717, 1.165) is 8.95 Å².